The number of hydrogen-bond donors (Lipinski definition) is 2. The zero-order valence-corrected chi connectivity index (χ0v) is 18.3. The molecule has 0 unspecified atom stereocenters. The third-order valence-electron chi connectivity index (χ3n) is 5.00. The molecule has 0 spiro atoms. The molecule has 0 bridgehead atoms. The SMILES string of the molecule is Cc1ccc(-c2cc(Br)ccc2OCc2ccccc2)n1-c1ccc(O)c(C(=O)O)c1. The van der Waals surface area contributed by atoms with Crippen LogP contribution in [0, 0.1) is 6.92 Å². The number of nitrogens with zero attached hydrogens (tertiary/aromatic N) is 1. The van der Waals surface area contributed by atoms with Gasteiger partial charge in [0.2, 0.25) is 0 Å². The van der Waals surface area contributed by atoms with Crippen molar-refractivity contribution in [1.29, 1.82) is 0 Å². The van der Waals surface area contributed by atoms with E-state index < -0.39 is 5.97 Å². The molecule has 4 aromatic rings. The second-order valence-electron chi connectivity index (χ2n) is 7.12. The van der Waals surface area contributed by atoms with Crippen LogP contribution < -0.4 is 4.74 Å². The number of rotatable bonds is 6. The summed E-state index contributed by atoms with van der Waals surface area (Å²) in [6.07, 6.45) is 0. The normalized spacial score (nSPS) is 10.8. The predicted molar refractivity (Wildman–Crippen MR) is 123 cm³/mol. The highest BCUT2D eigenvalue weighted by Crippen LogP contribution is 2.36. The van der Waals surface area contributed by atoms with Gasteiger partial charge in [-0.2, -0.15) is 0 Å². The zero-order valence-electron chi connectivity index (χ0n) is 16.7. The molecule has 2 N–H and O–H groups in total. The van der Waals surface area contributed by atoms with Crippen LogP contribution in [0.25, 0.3) is 16.9 Å². The Morgan fingerprint density at radius 1 is 1.00 bits per heavy atom. The van der Waals surface area contributed by atoms with E-state index >= 15 is 0 Å². The number of hydrogen-bond acceptors (Lipinski definition) is 3. The van der Waals surface area contributed by atoms with Crippen LogP contribution in [0.2, 0.25) is 0 Å². The Morgan fingerprint density at radius 2 is 1.77 bits per heavy atom. The quantitative estimate of drug-likeness (QED) is 0.346. The van der Waals surface area contributed by atoms with E-state index in [0.29, 0.717) is 18.0 Å². The molecule has 6 heteroatoms. The molecule has 3 aromatic carbocycles. The number of aryl methyl sites for hydroxylation is 1. The maximum absolute atomic E-state index is 11.5. The van der Waals surface area contributed by atoms with E-state index in [-0.39, 0.29) is 11.3 Å². The molecule has 0 saturated carbocycles. The van der Waals surface area contributed by atoms with Gasteiger partial charge in [-0.25, -0.2) is 4.79 Å². The van der Waals surface area contributed by atoms with Crippen LogP contribution in [0.15, 0.2) is 83.3 Å². The Kier molecular flexibility index (Phi) is 5.82. The molecule has 156 valence electrons. The van der Waals surface area contributed by atoms with E-state index in [4.69, 9.17) is 4.74 Å². The molecule has 0 fully saturated rings. The number of phenols is 1. The van der Waals surface area contributed by atoms with Crippen molar-refractivity contribution in [3.05, 3.63) is 100 Å². The van der Waals surface area contributed by atoms with Crippen molar-refractivity contribution in [2.24, 2.45) is 0 Å². The fourth-order valence-corrected chi connectivity index (χ4v) is 3.85. The number of aromatic nitrogens is 1. The van der Waals surface area contributed by atoms with Gasteiger partial charge in [-0.15, -0.1) is 0 Å². The zero-order chi connectivity index (χ0) is 22.0. The maximum Gasteiger partial charge on any atom is 0.339 e. The van der Waals surface area contributed by atoms with Crippen molar-refractivity contribution in [2.45, 2.75) is 13.5 Å². The Labute approximate surface area is 188 Å². The minimum atomic E-state index is -1.18. The van der Waals surface area contributed by atoms with E-state index in [2.05, 4.69) is 15.9 Å². The van der Waals surface area contributed by atoms with E-state index in [1.54, 1.807) is 6.07 Å². The first-order valence-electron chi connectivity index (χ1n) is 9.65. The first kappa shape index (κ1) is 20.8. The van der Waals surface area contributed by atoms with Gasteiger partial charge in [0.15, 0.2) is 0 Å². The molecule has 31 heavy (non-hydrogen) atoms. The van der Waals surface area contributed by atoms with Crippen molar-refractivity contribution >= 4 is 21.9 Å². The number of benzene rings is 3. The average Bonchev–Trinajstić information content (AvgIpc) is 3.15. The van der Waals surface area contributed by atoms with Gasteiger partial charge in [-0.3, -0.25) is 0 Å². The lowest BCUT2D eigenvalue weighted by Gasteiger charge is -2.17. The number of carboxylic acids is 1. The monoisotopic (exact) mass is 477 g/mol. The predicted octanol–water partition coefficient (Wildman–Crippen LogP) is 6.20. The topological polar surface area (TPSA) is 71.7 Å². The van der Waals surface area contributed by atoms with E-state index in [1.807, 2.05) is 72.2 Å². The van der Waals surface area contributed by atoms with Crippen LogP contribution in [0.5, 0.6) is 11.5 Å². The van der Waals surface area contributed by atoms with Crippen LogP contribution in [-0.4, -0.2) is 20.7 Å². The van der Waals surface area contributed by atoms with Gasteiger partial charge in [0.05, 0.1) is 5.69 Å². The molecule has 5 nitrogen and oxygen atoms in total. The molecule has 1 heterocycles. The summed E-state index contributed by atoms with van der Waals surface area (Å²) in [6, 6.07) is 24.2. The molecule has 1 aromatic heterocycles. The van der Waals surface area contributed by atoms with Crippen LogP contribution in [0.4, 0.5) is 0 Å². The van der Waals surface area contributed by atoms with Crippen LogP contribution in [-0.2, 0) is 6.61 Å². The Hall–Kier alpha value is -3.51. The lowest BCUT2D eigenvalue weighted by Crippen LogP contribution is -2.04. The third-order valence-corrected chi connectivity index (χ3v) is 5.49. The van der Waals surface area contributed by atoms with Crippen molar-refractivity contribution in [1.82, 2.24) is 4.57 Å². The first-order valence-corrected chi connectivity index (χ1v) is 10.4. The highest BCUT2D eigenvalue weighted by atomic mass is 79.9. The van der Waals surface area contributed by atoms with E-state index in [0.717, 1.165) is 27.0 Å². The maximum atomic E-state index is 11.5. The summed E-state index contributed by atoms with van der Waals surface area (Å²) in [6.45, 7) is 2.37. The summed E-state index contributed by atoms with van der Waals surface area (Å²) >= 11 is 3.54. The molecule has 0 aliphatic heterocycles. The number of aromatic carboxylic acids is 1. The summed E-state index contributed by atoms with van der Waals surface area (Å²) in [7, 11) is 0. The minimum absolute atomic E-state index is 0.147. The second kappa shape index (κ2) is 8.70. The Balaban J connectivity index is 1.79. The number of aromatic hydroxyl groups is 1. The summed E-state index contributed by atoms with van der Waals surface area (Å²) in [5.41, 5.74) is 4.19. The summed E-state index contributed by atoms with van der Waals surface area (Å²) < 4.78 is 8.99. The standard InChI is InChI=1S/C25H20BrNO4/c1-16-7-10-22(27(16)19-9-11-23(28)21(14-19)25(29)30)20-13-18(26)8-12-24(20)31-15-17-5-3-2-4-6-17/h2-14,28H,15H2,1H3,(H,29,30). The van der Waals surface area contributed by atoms with Crippen molar-refractivity contribution in [3.63, 3.8) is 0 Å². The lowest BCUT2D eigenvalue weighted by molar-refractivity contribution is 0.0693. The van der Waals surface area contributed by atoms with Crippen molar-refractivity contribution in [3.8, 4) is 28.4 Å². The second-order valence-corrected chi connectivity index (χ2v) is 8.03. The number of carboxylic acid groups (broad SMARTS) is 1. The van der Waals surface area contributed by atoms with Crippen molar-refractivity contribution < 1.29 is 19.7 Å². The third kappa shape index (κ3) is 4.34. The van der Waals surface area contributed by atoms with Crippen LogP contribution in [0.1, 0.15) is 21.6 Å². The highest BCUT2D eigenvalue weighted by molar-refractivity contribution is 9.10. The highest BCUT2D eigenvalue weighted by Gasteiger charge is 2.17. The minimum Gasteiger partial charge on any atom is -0.507 e. The van der Waals surface area contributed by atoms with Crippen LogP contribution >= 0.6 is 15.9 Å². The van der Waals surface area contributed by atoms with Gasteiger partial charge >= 0.3 is 5.97 Å². The number of ether oxygens (including phenoxy) is 1. The fraction of sp³-hybridized carbons (Fsp3) is 0.0800. The Morgan fingerprint density at radius 3 is 2.52 bits per heavy atom. The molecule has 0 saturated heterocycles. The largest absolute Gasteiger partial charge is 0.507 e. The summed E-state index contributed by atoms with van der Waals surface area (Å²) in [5.74, 6) is -0.736. The van der Waals surface area contributed by atoms with Crippen molar-refractivity contribution in [2.75, 3.05) is 0 Å². The molecule has 0 aliphatic carbocycles. The van der Waals surface area contributed by atoms with E-state index in [9.17, 15) is 15.0 Å². The molecular weight excluding hydrogens is 458 g/mol. The van der Waals surface area contributed by atoms with Gasteiger partial charge in [-0.1, -0.05) is 46.3 Å². The Bertz CT molecular complexity index is 1250. The van der Waals surface area contributed by atoms with Gasteiger partial charge in [-0.05, 0) is 61.0 Å². The van der Waals surface area contributed by atoms with E-state index in [1.165, 1.54) is 12.1 Å². The average molecular weight is 478 g/mol. The molecule has 0 atom stereocenters. The van der Waals surface area contributed by atoms with Gasteiger partial charge in [0, 0.05) is 21.4 Å². The number of carbonyl (C=O) groups is 1. The lowest BCUT2D eigenvalue weighted by atomic mass is 10.1. The molecule has 0 amide bonds. The van der Waals surface area contributed by atoms with Gasteiger partial charge in [0.1, 0.15) is 23.7 Å². The summed E-state index contributed by atoms with van der Waals surface area (Å²) in [5, 5.41) is 19.3. The van der Waals surface area contributed by atoms with Gasteiger partial charge in [0.25, 0.3) is 0 Å². The van der Waals surface area contributed by atoms with Gasteiger partial charge < -0.3 is 19.5 Å². The fourth-order valence-electron chi connectivity index (χ4n) is 3.49. The summed E-state index contributed by atoms with van der Waals surface area (Å²) in [4.78, 5) is 11.5. The molecule has 0 aliphatic rings. The first-order chi connectivity index (χ1) is 14.9. The van der Waals surface area contributed by atoms with Crippen LogP contribution in [0.3, 0.4) is 0 Å². The molecule has 0 radical (unpaired) electrons. The number of halogens is 1. The molecular formula is C25H20BrNO4. The molecule has 4 rings (SSSR count). The smallest absolute Gasteiger partial charge is 0.339 e.